The molecular weight excluding hydrogens is 208 g/mol. The molecule has 0 bridgehead atoms. The minimum absolute atomic E-state index is 0. The third kappa shape index (κ3) is 2.15. The highest BCUT2D eigenvalue weighted by Gasteiger charge is 2.08. The summed E-state index contributed by atoms with van der Waals surface area (Å²) in [4.78, 5) is 17.6. The van der Waals surface area contributed by atoms with Crippen LogP contribution in [0.2, 0.25) is 0 Å². The molecule has 0 atom stereocenters. The first-order valence-electron chi connectivity index (χ1n) is 2.85. The number of Topliss-reactive ketones (excluding diaryl/α,β-unsaturated/α-hetero) is 1. The second kappa shape index (κ2) is 4.28. The molecule has 0 aliphatic heterocycles. The van der Waals surface area contributed by atoms with Crippen molar-refractivity contribution in [2.45, 2.75) is 14.4 Å². The molecule has 0 saturated heterocycles. The van der Waals surface area contributed by atoms with E-state index in [9.17, 15) is 4.79 Å². The van der Waals surface area contributed by atoms with Crippen molar-refractivity contribution in [3.8, 4) is 0 Å². The number of carbonyl (C=O) groups is 1. The Hall–Kier alpha value is -0.640. The second-order valence-corrected chi connectivity index (χ2v) is 2.49. The number of alkyl halides is 1. The van der Waals surface area contributed by atoms with Crippen LogP contribution in [-0.2, 0) is 0 Å². The first kappa shape index (κ1) is 10.4. The fourth-order valence-corrected chi connectivity index (χ4v) is 0.969. The van der Waals surface area contributed by atoms with Gasteiger partial charge in [-0.2, -0.15) is 0 Å². The van der Waals surface area contributed by atoms with Gasteiger partial charge in [-0.1, -0.05) is 23.4 Å². The van der Waals surface area contributed by atoms with E-state index in [2.05, 4.69) is 25.9 Å². The first-order chi connectivity index (χ1) is 4.75. The number of rotatable bonds is 2. The highest BCUT2D eigenvalue weighted by atomic mass is 79.9. The SMILES string of the molecule is C.Cc1[nH]cnc1C(=O)CBr. The predicted molar refractivity (Wildman–Crippen MR) is 48.2 cm³/mol. The third-order valence-electron chi connectivity index (χ3n) is 1.22. The van der Waals surface area contributed by atoms with E-state index < -0.39 is 0 Å². The lowest BCUT2D eigenvalue weighted by Gasteiger charge is -1.89. The Morgan fingerprint density at radius 2 is 2.45 bits per heavy atom. The number of carbonyl (C=O) groups excluding carboxylic acids is 1. The Labute approximate surface area is 74.4 Å². The monoisotopic (exact) mass is 218 g/mol. The van der Waals surface area contributed by atoms with E-state index in [1.807, 2.05) is 6.92 Å². The molecule has 0 fully saturated rings. The van der Waals surface area contributed by atoms with Gasteiger partial charge in [0, 0.05) is 5.69 Å². The van der Waals surface area contributed by atoms with Gasteiger partial charge in [0.15, 0.2) is 5.78 Å². The minimum Gasteiger partial charge on any atom is -0.348 e. The molecule has 0 aliphatic carbocycles. The number of aromatic nitrogens is 2. The Morgan fingerprint density at radius 3 is 2.82 bits per heavy atom. The molecule has 1 heterocycles. The molecule has 62 valence electrons. The second-order valence-electron chi connectivity index (χ2n) is 1.93. The van der Waals surface area contributed by atoms with Gasteiger partial charge in [0.1, 0.15) is 5.69 Å². The summed E-state index contributed by atoms with van der Waals surface area (Å²) in [5.41, 5.74) is 1.35. The topological polar surface area (TPSA) is 45.8 Å². The van der Waals surface area contributed by atoms with Crippen LogP contribution in [0, 0.1) is 6.92 Å². The lowest BCUT2D eigenvalue weighted by atomic mass is 10.3. The van der Waals surface area contributed by atoms with Crippen LogP contribution in [0.3, 0.4) is 0 Å². The number of nitrogens with zero attached hydrogens (tertiary/aromatic N) is 1. The fraction of sp³-hybridized carbons (Fsp3) is 0.429. The van der Waals surface area contributed by atoms with Crippen LogP contribution in [0.25, 0.3) is 0 Å². The number of ketones is 1. The maximum atomic E-state index is 11.0. The van der Waals surface area contributed by atoms with Crippen molar-refractivity contribution < 1.29 is 4.79 Å². The largest absolute Gasteiger partial charge is 0.348 e. The quantitative estimate of drug-likeness (QED) is 0.610. The van der Waals surface area contributed by atoms with E-state index in [-0.39, 0.29) is 13.2 Å². The Kier molecular flexibility index (Phi) is 4.03. The normalized spacial score (nSPS) is 8.91. The number of hydrogen-bond acceptors (Lipinski definition) is 2. The molecule has 1 rings (SSSR count). The molecule has 0 radical (unpaired) electrons. The average Bonchev–Trinajstić information content (AvgIpc) is 2.34. The molecule has 4 heteroatoms. The fourth-order valence-electron chi connectivity index (χ4n) is 0.703. The Bertz CT molecular complexity index is 244. The van der Waals surface area contributed by atoms with E-state index in [1.54, 1.807) is 0 Å². The molecule has 0 aromatic carbocycles. The Balaban J connectivity index is 0.000001000. The van der Waals surface area contributed by atoms with Gasteiger partial charge < -0.3 is 4.98 Å². The number of imidazole rings is 1. The van der Waals surface area contributed by atoms with Crippen LogP contribution in [0.1, 0.15) is 23.6 Å². The van der Waals surface area contributed by atoms with Crippen molar-refractivity contribution in [3.05, 3.63) is 17.7 Å². The summed E-state index contributed by atoms with van der Waals surface area (Å²) in [6.45, 7) is 1.82. The van der Waals surface area contributed by atoms with E-state index in [4.69, 9.17) is 0 Å². The van der Waals surface area contributed by atoms with E-state index in [0.29, 0.717) is 11.0 Å². The van der Waals surface area contributed by atoms with Gasteiger partial charge in [-0.05, 0) is 6.92 Å². The van der Waals surface area contributed by atoms with Crippen LogP contribution < -0.4 is 0 Å². The average molecular weight is 219 g/mol. The van der Waals surface area contributed by atoms with Crippen molar-refractivity contribution in [2.75, 3.05) is 5.33 Å². The van der Waals surface area contributed by atoms with Gasteiger partial charge >= 0.3 is 0 Å². The molecule has 0 unspecified atom stereocenters. The van der Waals surface area contributed by atoms with Gasteiger partial charge in [0.05, 0.1) is 11.7 Å². The van der Waals surface area contributed by atoms with Crippen molar-refractivity contribution in [1.82, 2.24) is 9.97 Å². The summed E-state index contributed by atoms with van der Waals surface area (Å²) < 4.78 is 0. The Morgan fingerprint density at radius 1 is 1.82 bits per heavy atom. The van der Waals surface area contributed by atoms with Crippen molar-refractivity contribution in [1.29, 1.82) is 0 Å². The molecule has 0 spiro atoms. The van der Waals surface area contributed by atoms with Gasteiger partial charge in [0.2, 0.25) is 0 Å². The standard InChI is InChI=1S/C6H7BrN2O.CH4/c1-4-6(5(10)2-7)9-3-8-4;/h3H,2H2,1H3,(H,8,9);1H4. The third-order valence-corrected chi connectivity index (χ3v) is 1.72. The van der Waals surface area contributed by atoms with Crippen molar-refractivity contribution in [2.24, 2.45) is 0 Å². The van der Waals surface area contributed by atoms with E-state index in [1.165, 1.54) is 6.33 Å². The number of hydrogen-bond donors (Lipinski definition) is 1. The molecule has 0 amide bonds. The number of halogens is 1. The number of aromatic amines is 1. The van der Waals surface area contributed by atoms with Crippen LogP contribution >= 0.6 is 15.9 Å². The van der Waals surface area contributed by atoms with Gasteiger partial charge in [-0.25, -0.2) is 4.98 Å². The summed E-state index contributed by atoms with van der Waals surface area (Å²) in [5, 5.41) is 0.332. The predicted octanol–water partition coefficient (Wildman–Crippen LogP) is 1.93. The summed E-state index contributed by atoms with van der Waals surface area (Å²) in [6.07, 6.45) is 1.52. The summed E-state index contributed by atoms with van der Waals surface area (Å²) in [5.74, 6) is 0.0127. The first-order valence-corrected chi connectivity index (χ1v) is 3.97. The number of nitrogens with one attached hydrogen (secondary N) is 1. The van der Waals surface area contributed by atoms with Gasteiger partial charge in [0.25, 0.3) is 0 Å². The van der Waals surface area contributed by atoms with Crippen molar-refractivity contribution in [3.63, 3.8) is 0 Å². The molecule has 1 aromatic rings. The highest BCUT2D eigenvalue weighted by molar-refractivity contribution is 9.09. The minimum atomic E-state index is 0. The van der Waals surface area contributed by atoms with E-state index >= 15 is 0 Å². The van der Waals surface area contributed by atoms with E-state index in [0.717, 1.165) is 5.69 Å². The zero-order chi connectivity index (χ0) is 7.56. The number of H-pyrrole nitrogens is 1. The van der Waals surface area contributed by atoms with Crippen LogP contribution in [0.4, 0.5) is 0 Å². The highest BCUT2D eigenvalue weighted by Crippen LogP contribution is 2.02. The zero-order valence-electron chi connectivity index (χ0n) is 5.52. The van der Waals surface area contributed by atoms with Gasteiger partial charge in [-0.3, -0.25) is 4.79 Å². The number of aryl methyl sites for hydroxylation is 1. The maximum absolute atomic E-state index is 11.0. The molecule has 1 N–H and O–H groups in total. The van der Waals surface area contributed by atoms with Gasteiger partial charge in [-0.15, -0.1) is 0 Å². The lowest BCUT2D eigenvalue weighted by molar-refractivity contribution is 0.101. The van der Waals surface area contributed by atoms with Crippen LogP contribution in [-0.4, -0.2) is 21.1 Å². The molecule has 11 heavy (non-hydrogen) atoms. The summed E-state index contributed by atoms with van der Waals surface area (Å²) in [6, 6.07) is 0. The van der Waals surface area contributed by atoms with Crippen LogP contribution in [0.15, 0.2) is 6.33 Å². The molecule has 0 aliphatic rings. The van der Waals surface area contributed by atoms with Crippen molar-refractivity contribution >= 4 is 21.7 Å². The maximum Gasteiger partial charge on any atom is 0.193 e. The summed E-state index contributed by atoms with van der Waals surface area (Å²) in [7, 11) is 0. The molecule has 3 nitrogen and oxygen atoms in total. The zero-order valence-corrected chi connectivity index (χ0v) is 7.10. The van der Waals surface area contributed by atoms with Crippen LogP contribution in [0.5, 0.6) is 0 Å². The summed E-state index contributed by atoms with van der Waals surface area (Å²) >= 11 is 3.07. The lowest BCUT2D eigenvalue weighted by Crippen LogP contribution is -2.01. The smallest absolute Gasteiger partial charge is 0.193 e. The molecule has 0 saturated carbocycles. The molecular formula is C7H11BrN2O. The molecule has 1 aromatic heterocycles.